The molecule has 2 heteroatoms. The van der Waals surface area contributed by atoms with Gasteiger partial charge >= 0.3 is 0 Å². The van der Waals surface area contributed by atoms with Crippen molar-refractivity contribution in [1.82, 2.24) is 10.2 Å². The SMILES string of the molecule is CC1CCCN(CCNC2CCCCC2)CC1. The summed E-state index contributed by atoms with van der Waals surface area (Å²) in [5.41, 5.74) is 0. The molecular formula is C15H30N2. The Bertz CT molecular complexity index is 199. The lowest BCUT2D eigenvalue weighted by Gasteiger charge is -2.25. The fraction of sp³-hybridized carbons (Fsp3) is 1.00. The first-order valence-corrected chi connectivity index (χ1v) is 7.80. The number of hydrogen-bond donors (Lipinski definition) is 1. The topological polar surface area (TPSA) is 15.3 Å². The molecule has 1 aliphatic carbocycles. The van der Waals surface area contributed by atoms with E-state index in [0.29, 0.717) is 0 Å². The molecule has 1 aliphatic heterocycles. The average molecular weight is 238 g/mol. The largest absolute Gasteiger partial charge is 0.313 e. The zero-order valence-electron chi connectivity index (χ0n) is 11.6. The summed E-state index contributed by atoms with van der Waals surface area (Å²) in [6.07, 6.45) is 11.4. The first-order valence-electron chi connectivity index (χ1n) is 7.80. The summed E-state index contributed by atoms with van der Waals surface area (Å²) in [5.74, 6) is 0.950. The minimum Gasteiger partial charge on any atom is -0.313 e. The van der Waals surface area contributed by atoms with Gasteiger partial charge in [0.25, 0.3) is 0 Å². The Labute approximate surface area is 107 Å². The highest BCUT2D eigenvalue weighted by atomic mass is 15.1. The van der Waals surface area contributed by atoms with Crippen LogP contribution in [0.5, 0.6) is 0 Å². The number of hydrogen-bond acceptors (Lipinski definition) is 2. The van der Waals surface area contributed by atoms with Crippen molar-refractivity contribution in [2.24, 2.45) is 5.92 Å². The van der Waals surface area contributed by atoms with Crippen LogP contribution in [0, 0.1) is 5.92 Å². The van der Waals surface area contributed by atoms with E-state index in [1.807, 2.05) is 0 Å². The van der Waals surface area contributed by atoms with Crippen LogP contribution in [0.15, 0.2) is 0 Å². The Hall–Kier alpha value is -0.0800. The third-order valence-electron chi connectivity index (χ3n) is 4.58. The molecule has 0 bridgehead atoms. The van der Waals surface area contributed by atoms with Gasteiger partial charge in [0, 0.05) is 19.1 Å². The fourth-order valence-electron chi connectivity index (χ4n) is 3.28. The van der Waals surface area contributed by atoms with Gasteiger partial charge in [-0.3, -0.25) is 0 Å². The van der Waals surface area contributed by atoms with E-state index < -0.39 is 0 Å². The maximum atomic E-state index is 3.76. The minimum atomic E-state index is 0.828. The Morgan fingerprint density at radius 3 is 2.59 bits per heavy atom. The van der Waals surface area contributed by atoms with Crippen LogP contribution < -0.4 is 5.32 Å². The predicted octanol–water partition coefficient (Wildman–Crippen LogP) is 3.03. The van der Waals surface area contributed by atoms with Gasteiger partial charge in [-0.05, 0) is 51.1 Å². The van der Waals surface area contributed by atoms with Crippen LogP contribution in [0.25, 0.3) is 0 Å². The molecule has 1 unspecified atom stereocenters. The molecule has 1 heterocycles. The van der Waals surface area contributed by atoms with Crippen molar-refractivity contribution in [2.45, 2.75) is 64.3 Å². The van der Waals surface area contributed by atoms with Crippen LogP contribution in [0.4, 0.5) is 0 Å². The van der Waals surface area contributed by atoms with Crippen LogP contribution >= 0.6 is 0 Å². The molecule has 2 aliphatic rings. The smallest absolute Gasteiger partial charge is 0.0107 e. The first kappa shape index (κ1) is 13.4. The molecule has 0 aromatic heterocycles. The molecule has 2 nitrogen and oxygen atoms in total. The van der Waals surface area contributed by atoms with Crippen LogP contribution in [-0.2, 0) is 0 Å². The number of likely N-dealkylation sites (tertiary alicyclic amines) is 1. The van der Waals surface area contributed by atoms with Gasteiger partial charge in [-0.1, -0.05) is 26.2 Å². The van der Waals surface area contributed by atoms with E-state index in [9.17, 15) is 0 Å². The Morgan fingerprint density at radius 1 is 0.941 bits per heavy atom. The minimum absolute atomic E-state index is 0.828. The highest BCUT2D eigenvalue weighted by Gasteiger charge is 2.15. The van der Waals surface area contributed by atoms with Crippen molar-refractivity contribution < 1.29 is 0 Å². The van der Waals surface area contributed by atoms with Gasteiger partial charge < -0.3 is 10.2 Å². The van der Waals surface area contributed by atoms with E-state index in [1.54, 1.807) is 0 Å². The van der Waals surface area contributed by atoms with E-state index in [4.69, 9.17) is 0 Å². The van der Waals surface area contributed by atoms with Gasteiger partial charge in [-0.2, -0.15) is 0 Å². The quantitative estimate of drug-likeness (QED) is 0.810. The summed E-state index contributed by atoms with van der Waals surface area (Å²) in [6.45, 7) is 7.54. The zero-order valence-corrected chi connectivity index (χ0v) is 11.6. The molecule has 2 fully saturated rings. The zero-order chi connectivity index (χ0) is 11.9. The molecule has 1 saturated heterocycles. The molecule has 2 rings (SSSR count). The second-order valence-electron chi connectivity index (χ2n) is 6.17. The monoisotopic (exact) mass is 238 g/mol. The van der Waals surface area contributed by atoms with E-state index in [1.165, 1.54) is 77.5 Å². The van der Waals surface area contributed by atoms with Crippen LogP contribution in [0.2, 0.25) is 0 Å². The molecule has 17 heavy (non-hydrogen) atoms. The van der Waals surface area contributed by atoms with Gasteiger partial charge in [0.05, 0.1) is 0 Å². The highest BCUT2D eigenvalue weighted by molar-refractivity contribution is 4.73. The maximum absolute atomic E-state index is 3.76. The Kier molecular flexibility index (Phi) is 5.79. The van der Waals surface area contributed by atoms with Gasteiger partial charge in [0.15, 0.2) is 0 Å². The second-order valence-corrected chi connectivity index (χ2v) is 6.17. The molecule has 0 aromatic rings. The van der Waals surface area contributed by atoms with Crippen LogP contribution in [0.1, 0.15) is 58.3 Å². The van der Waals surface area contributed by atoms with Crippen molar-refractivity contribution in [3.63, 3.8) is 0 Å². The first-order chi connectivity index (χ1) is 8.34. The highest BCUT2D eigenvalue weighted by Crippen LogP contribution is 2.18. The molecule has 1 saturated carbocycles. The van der Waals surface area contributed by atoms with E-state index in [0.717, 1.165) is 12.0 Å². The number of nitrogens with one attached hydrogen (secondary N) is 1. The number of rotatable bonds is 4. The van der Waals surface area contributed by atoms with Gasteiger partial charge in [-0.15, -0.1) is 0 Å². The van der Waals surface area contributed by atoms with Crippen molar-refractivity contribution in [1.29, 1.82) is 0 Å². The van der Waals surface area contributed by atoms with Gasteiger partial charge in [-0.25, -0.2) is 0 Å². The summed E-state index contributed by atoms with van der Waals surface area (Å²) in [5, 5.41) is 3.76. The molecule has 0 spiro atoms. The van der Waals surface area contributed by atoms with E-state index >= 15 is 0 Å². The van der Waals surface area contributed by atoms with E-state index in [2.05, 4.69) is 17.1 Å². The van der Waals surface area contributed by atoms with Crippen molar-refractivity contribution in [2.75, 3.05) is 26.2 Å². The molecule has 0 radical (unpaired) electrons. The lowest BCUT2D eigenvalue weighted by atomic mass is 9.95. The fourth-order valence-corrected chi connectivity index (χ4v) is 3.28. The molecular weight excluding hydrogens is 208 g/mol. The molecule has 1 N–H and O–H groups in total. The molecule has 100 valence electrons. The standard InChI is InChI=1S/C15H30N2/c1-14-6-5-11-17(12-9-14)13-10-16-15-7-3-2-4-8-15/h14-16H,2-13H2,1H3. The van der Waals surface area contributed by atoms with Crippen molar-refractivity contribution in [3.8, 4) is 0 Å². The van der Waals surface area contributed by atoms with Gasteiger partial charge in [0.2, 0.25) is 0 Å². The number of nitrogens with zero attached hydrogens (tertiary/aromatic N) is 1. The summed E-state index contributed by atoms with van der Waals surface area (Å²) >= 11 is 0. The Morgan fingerprint density at radius 2 is 1.76 bits per heavy atom. The maximum Gasteiger partial charge on any atom is 0.0107 e. The van der Waals surface area contributed by atoms with Crippen LogP contribution in [-0.4, -0.2) is 37.1 Å². The third-order valence-corrected chi connectivity index (χ3v) is 4.58. The third kappa shape index (κ3) is 4.97. The lowest BCUT2D eigenvalue weighted by Crippen LogP contribution is -2.38. The van der Waals surface area contributed by atoms with Gasteiger partial charge in [0.1, 0.15) is 0 Å². The lowest BCUT2D eigenvalue weighted by molar-refractivity contribution is 0.268. The average Bonchev–Trinajstić information content (AvgIpc) is 2.56. The van der Waals surface area contributed by atoms with Crippen molar-refractivity contribution in [3.05, 3.63) is 0 Å². The van der Waals surface area contributed by atoms with Crippen LogP contribution in [0.3, 0.4) is 0 Å². The predicted molar refractivity (Wildman–Crippen MR) is 74.3 cm³/mol. The molecule has 0 amide bonds. The Balaban J connectivity index is 1.57. The summed E-state index contributed by atoms with van der Waals surface area (Å²) < 4.78 is 0. The summed E-state index contributed by atoms with van der Waals surface area (Å²) in [4.78, 5) is 2.67. The molecule has 0 aromatic carbocycles. The second kappa shape index (κ2) is 7.38. The molecule has 1 atom stereocenters. The summed E-state index contributed by atoms with van der Waals surface area (Å²) in [7, 11) is 0. The summed E-state index contributed by atoms with van der Waals surface area (Å²) in [6, 6.07) is 0.828. The van der Waals surface area contributed by atoms with Crippen molar-refractivity contribution >= 4 is 0 Å². The van der Waals surface area contributed by atoms with E-state index in [-0.39, 0.29) is 0 Å². The normalized spacial score (nSPS) is 29.1.